The van der Waals surface area contributed by atoms with Crippen LogP contribution in [0.1, 0.15) is 33.1 Å². The molecule has 0 amide bonds. The normalized spacial score (nSPS) is 16.3. The van der Waals surface area contributed by atoms with Crippen molar-refractivity contribution < 1.29 is 14.1 Å². The van der Waals surface area contributed by atoms with Gasteiger partial charge < -0.3 is 4.74 Å². The van der Waals surface area contributed by atoms with Crippen molar-refractivity contribution in [3.63, 3.8) is 0 Å². The van der Waals surface area contributed by atoms with Gasteiger partial charge in [-0.1, -0.05) is 11.8 Å². The van der Waals surface area contributed by atoms with Crippen LogP contribution in [0.15, 0.2) is 0 Å². The lowest BCUT2D eigenvalue weighted by Gasteiger charge is -2.11. The molecule has 1 saturated heterocycles. The van der Waals surface area contributed by atoms with E-state index < -0.39 is 0 Å². The van der Waals surface area contributed by atoms with Gasteiger partial charge in [-0.2, -0.15) is 0 Å². The van der Waals surface area contributed by atoms with E-state index in [2.05, 4.69) is 11.5 Å². The largest absolute Gasteiger partial charge is 0.465 e. The zero-order valence-corrected chi connectivity index (χ0v) is 10.4. The van der Waals surface area contributed by atoms with Crippen LogP contribution in [0.5, 0.6) is 0 Å². The number of hydrogen-bond acceptors (Lipinski definition) is 3. The summed E-state index contributed by atoms with van der Waals surface area (Å²) in [6.45, 7) is 6.68. The van der Waals surface area contributed by atoms with Gasteiger partial charge in [0.25, 0.3) is 0 Å². The summed E-state index contributed by atoms with van der Waals surface area (Å²) >= 11 is 1.60. The topological polar surface area (TPSA) is 29.3 Å². The maximum atomic E-state index is 11.2. The molecule has 0 atom stereocenters. The summed E-state index contributed by atoms with van der Waals surface area (Å²) in [5.74, 6) is 0.328. The number of rotatable bonds is 3. The van der Waals surface area contributed by atoms with Crippen LogP contribution in [-0.2, 0) is 9.53 Å². The van der Waals surface area contributed by atoms with Gasteiger partial charge in [-0.15, -0.1) is 0 Å². The highest BCUT2D eigenvalue weighted by molar-refractivity contribution is 8.14. The molecule has 0 aromatic carbocycles. The smallest absolute Gasteiger partial charge is 0.316 e. The van der Waals surface area contributed by atoms with Gasteiger partial charge in [-0.3, -0.25) is 4.79 Å². The van der Waals surface area contributed by atoms with Crippen molar-refractivity contribution >= 4 is 22.8 Å². The van der Waals surface area contributed by atoms with Crippen LogP contribution < -0.4 is 0 Å². The molecule has 0 N–H and O–H groups in total. The molecule has 1 heterocycles. The van der Waals surface area contributed by atoms with Gasteiger partial charge >= 0.3 is 5.97 Å². The van der Waals surface area contributed by atoms with Gasteiger partial charge in [-0.25, -0.2) is 4.58 Å². The lowest BCUT2D eigenvalue weighted by Crippen LogP contribution is -2.24. The summed E-state index contributed by atoms with van der Waals surface area (Å²) in [5.41, 5.74) is 0. The number of carbonyl (C=O) groups is 1. The summed E-state index contributed by atoms with van der Waals surface area (Å²) in [7, 11) is 0. The number of esters is 1. The van der Waals surface area contributed by atoms with E-state index in [1.165, 1.54) is 24.3 Å². The fourth-order valence-corrected chi connectivity index (χ4v) is 2.44. The molecule has 0 unspecified atom stereocenters. The van der Waals surface area contributed by atoms with Crippen molar-refractivity contribution in [1.29, 1.82) is 0 Å². The van der Waals surface area contributed by atoms with Crippen LogP contribution in [0.2, 0.25) is 0 Å². The molecule has 1 fully saturated rings. The average molecular weight is 230 g/mol. The minimum absolute atomic E-state index is 0.112. The molecule has 3 nitrogen and oxygen atoms in total. The summed E-state index contributed by atoms with van der Waals surface area (Å²) in [4.78, 5) is 11.2. The van der Waals surface area contributed by atoms with Crippen molar-refractivity contribution in [3.8, 4) is 0 Å². The quantitative estimate of drug-likeness (QED) is 0.421. The third kappa shape index (κ3) is 4.69. The molecule has 1 rings (SSSR count). The van der Waals surface area contributed by atoms with Crippen molar-refractivity contribution in [2.24, 2.45) is 0 Å². The Bertz CT molecular complexity index is 243. The van der Waals surface area contributed by atoms with Crippen LogP contribution >= 0.6 is 11.8 Å². The van der Waals surface area contributed by atoms with Gasteiger partial charge in [0.15, 0.2) is 0 Å². The van der Waals surface area contributed by atoms with Crippen LogP contribution in [0.3, 0.4) is 0 Å². The predicted molar refractivity (Wildman–Crippen MR) is 63.6 cm³/mol. The van der Waals surface area contributed by atoms with Crippen molar-refractivity contribution in [2.75, 3.05) is 25.4 Å². The highest BCUT2D eigenvalue weighted by Gasteiger charge is 2.16. The molecule has 4 heteroatoms. The first-order chi connectivity index (χ1) is 7.24. The van der Waals surface area contributed by atoms with Gasteiger partial charge in [-0.05, 0) is 13.3 Å². The standard InChI is InChI=1S/C11H20NO2S/c1-3-14-11(13)9-15-10(2)12-7-5-4-6-8-12/h3-9H2,1-2H3/q+1. The second-order valence-electron chi connectivity index (χ2n) is 3.66. The Morgan fingerprint density at radius 1 is 1.33 bits per heavy atom. The summed E-state index contributed by atoms with van der Waals surface area (Å²) < 4.78 is 7.26. The van der Waals surface area contributed by atoms with Crippen molar-refractivity contribution in [3.05, 3.63) is 0 Å². The van der Waals surface area contributed by atoms with Crippen LogP contribution in [0, 0.1) is 0 Å². The molecule has 0 aromatic heterocycles. The Morgan fingerprint density at radius 2 is 2.00 bits per heavy atom. The third-order valence-corrected chi connectivity index (χ3v) is 3.56. The average Bonchev–Trinajstić information content (AvgIpc) is 2.27. The minimum atomic E-state index is -0.112. The van der Waals surface area contributed by atoms with E-state index in [0.29, 0.717) is 12.4 Å². The van der Waals surface area contributed by atoms with Crippen molar-refractivity contribution in [2.45, 2.75) is 33.1 Å². The molecule has 0 aromatic rings. The number of nitrogens with zero attached hydrogens (tertiary/aromatic N) is 1. The Labute approximate surface area is 95.9 Å². The lowest BCUT2D eigenvalue weighted by atomic mass is 10.2. The fourth-order valence-electron chi connectivity index (χ4n) is 1.67. The number of ether oxygens (including phenoxy) is 1. The van der Waals surface area contributed by atoms with E-state index in [9.17, 15) is 4.79 Å². The van der Waals surface area contributed by atoms with Gasteiger partial charge in [0.05, 0.1) is 6.61 Å². The fraction of sp³-hybridized carbons (Fsp3) is 0.818. The molecular weight excluding hydrogens is 210 g/mol. The molecule has 0 saturated carbocycles. The molecule has 86 valence electrons. The molecule has 0 radical (unpaired) electrons. The second-order valence-corrected chi connectivity index (χ2v) is 4.83. The first-order valence-electron chi connectivity index (χ1n) is 5.61. The van der Waals surface area contributed by atoms with Crippen LogP contribution in [0.4, 0.5) is 0 Å². The van der Waals surface area contributed by atoms with E-state index in [-0.39, 0.29) is 5.97 Å². The highest BCUT2D eigenvalue weighted by Crippen LogP contribution is 2.10. The molecule has 0 aliphatic carbocycles. The lowest BCUT2D eigenvalue weighted by molar-refractivity contribution is -0.535. The Kier molecular flexibility index (Phi) is 5.76. The SMILES string of the molecule is CCOC(=O)CSC(C)=[N+]1CCCCC1. The van der Waals surface area contributed by atoms with E-state index in [0.717, 1.165) is 13.1 Å². The molecule has 1 aliphatic heterocycles. The molecule has 15 heavy (non-hydrogen) atoms. The summed E-state index contributed by atoms with van der Waals surface area (Å²) in [6, 6.07) is 0. The number of carbonyl (C=O) groups excluding carboxylic acids is 1. The van der Waals surface area contributed by atoms with E-state index in [4.69, 9.17) is 4.74 Å². The zero-order valence-electron chi connectivity index (χ0n) is 9.62. The number of hydrogen-bond donors (Lipinski definition) is 0. The first-order valence-corrected chi connectivity index (χ1v) is 6.59. The van der Waals surface area contributed by atoms with E-state index >= 15 is 0 Å². The van der Waals surface area contributed by atoms with Crippen LogP contribution in [-0.4, -0.2) is 41.0 Å². The van der Waals surface area contributed by atoms with Gasteiger partial charge in [0.2, 0.25) is 5.04 Å². The molecule has 0 spiro atoms. The predicted octanol–water partition coefficient (Wildman–Crippen LogP) is 1.90. The Morgan fingerprint density at radius 3 is 2.60 bits per heavy atom. The summed E-state index contributed by atoms with van der Waals surface area (Å²) in [5, 5.41) is 1.25. The van der Waals surface area contributed by atoms with E-state index in [1.54, 1.807) is 11.8 Å². The number of thioether (sulfide) groups is 1. The zero-order chi connectivity index (χ0) is 11.1. The first kappa shape index (κ1) is 12.6. The molecule has 0 bridgehead atoms. The number of piperidine rings is 1. The highest BCUT2D eigenvalue weighted by atomic mass is 32.2. The monoisotopic (exact) mass is 230 g/mol. The maximum absolute atomic E-state index is 11.2. The minimum Gasteiger partial charge on any atom is -0.465 e. The molecular formula is C11H20NO2S+. The van der Waals surface area contributed by atoms with Gasteiger partial charge in [0, 0.05) is 19.8 Å². The molecule has 1 aliphatic rings. The van der Waals surface area contributed by atoms with Crippen molar-refractivity contribution in [1.82, 2.24) is 0 Å². The van der Waals surface area contributed by atoms with E-state index in [1.807, 2.05) is 6.92 Å². The van der Waals surface area contributed by atoms with Crippen LogP contribution in [0.25, 0.3) is 0 Å². The van der Waals surface area contributed by atoms with Gasteiger partial charge in [0.1, 0.15) is 18.8 Å². The second kappa shape index (κ2) is 6.88. The summed E-state index contributed by atoms with van der Waals surface area (Å²) in [6.07, 6.45) is 3.89. The maximum Gasteiger partial charge on any atom is 0.316 e. The Balaban J connectivity index is 2.33. The third-order valence-electron chi connectivity index (χ3n) is 2.51. The Hall–Kier alpha value is -0.510.